The average Bonchev–Trinajstić information content (AvgIpc) is 2.69. The Labute approximate surface area is 157 Å². The Hall–Kier alpha value is -3.01. The molecule has 0 radical (unpaired) electrons. The van der Waals surface area contributed by atoms with E-state index < -0.39 is 17.5 Å². The maximum atomic E-state index is 14.2. The lowest BCUT2D eigenvalue weighted by molar-refractivity contribution is 0.0689. The molecule has 136 valence electrons. The van der Waals surface area contributed by atoms with Gasteiger partial charge in [-0.25, -0.2) is 8.78 Å². The zero-order chi connectivity index (χ0) is 19.0. The van der Waals surface area contributed by atoms with Gasteiger partial charge in [0.15, 0.2) is 0 Å². The number of hydrogen-bond acceptors (Lipinski definition) is 1. The number of carbonyl (C=O) groups is 1. The lowest BCUT2D eigenvalue weighted by Crippen LogP contribution is -2.41. The summed E-state index contributed by atoms with van der Waals surface area (Å²) in [6.07, 6.45) is 0.682. The normalized spacial score (nSPS) is 16.1. The van der Waals surface area contributed by atoms with Crippen LogP contribution in [0.25, 0.3) is 0 Å². The molecule has 0 bridgehead atoms. The minimum absolute atomic E-state index is 0.230. The third-order valence-corrected chi connectivity index (χ3v) is 5.10. The Balaban J connectivity index is 1.82. The van der Waals surface area contributed by atoms with E-state index in [0.29, 0.717) is 13.0 Å². The van der Waals surface area contributed by atoms with E-state index in [0.717, 1.165) is 34.9 Å². The highest BCUT2D eigenvalue weighted by Crippen LogP contribution is 2.36. The van der Waals surface area contributed by atoms with Gasteiger partial charge in [0.25, 0.3) is 5.91 Å². The molecule has 1 aliphatic rings. The quantitative estimate of drug-likeness (QED) is 0.623. The van der Waals surface area contributed by atoms with Gasteiger partial charge in [-0.3, -0.25) is 4.79 Å². The SMILES string of the molecule is Cc1ccc([C@H]2c3ccccc3CCN2C(=O)c2cc(F)ccc2F)cc1. The number of halogens is 2. The fraction of sp³-hybridized carbons (Fsp3) is 0.174. The molecule has 0 saturated heterocycles. The number of benzene rings is 3. The van der Waals surface area contributed by atoms with Gasteiger partial charge in [-0.1, -0.05) is 54.1 Å². The molecule has 4 heteroatoms. The minimum atomic E-state index is -0.706. The van der Waals surface area contributed by atoms with E-state index in [4.69, 9.17) is 0 Å². The molecule has 0 spiro atoms. The van der Waals surface area contributed by atoms with Crippen molar-refractivity contribution in [3.8, 4) is 0 Å². The molecule has 0 unspecified atom stereocenters. The van der Waals surface area contributed by atoms with Crippen LogP contribution in [0.4, 0.5) is 8.78 Å². The number of hydrogen-bond donors (Lipinski definition) is 0. The number of aryl methyl sites for hydroxylation is 1. The van der Waals surface area contributed by atoms with E-state index >= 15 is 0 Å². The van der Waals surface area contributed by atoms with Gasteiger partial charge >= 0.3 is 0 Å². The second-order valence-corrected chi connectivity index (χ2v) is 6.88. The molecule has 2 nitrogen and oxygen atoms in total. The summed E-state index contributed by atoms with van der Waals surface area (Å²) >= 11 is 0. The summed E-state index contributed by atoms with van der Waals surface area (Å²) in [5.41, 5.74) is 4.05. The number of nitrogens with zero attached hydrogens (tertiary/aromatic N) is 1. The first kappa shape index (κ1) is 17.4. The van der Waals surface area contributed by atoms with E-state index in [9.17, 15) is 13.6 Å². The van der Waals surface area contributed by atoms with Crippen LogP contribution in [0.5, 0.6) is 0 Å². The van der Waals surface area contributed by atoms with Crippen molar-refractivity contribution >= 4 is 5.91 Å². The van der Waals surface area contributed by atoms with Crippen LogP contribution in [-0.4, -0.2) is 17.4 Å². The maximum Gasteiger partial charge on any atom is 0.257 e. The van der Waals surface area contributed by atoms with Crippen molar-refractivity contribution in [1.29, 1.82) is 0 Å². The lowest BCUT2D eigenvalue weighted by Gasteiger charge is -2.38. The Morgan fingerprint density at radius 2 is 1.74 bits per heavy atom. The number of carbonyl (C=O) groups excluding carboxylic acids is 1. The smallest absolute Gasteiger partial charge is 0.257 e. The molecular weight excluding hydrogens is 344 g/mol. The molecule has 1 atom stereocenters. The Morgan fingerprint density at radius 3 is 2.52 bits per heavy atom. The van der Waals surface area contributed by atoms with Crippen molar-refractivity contribution in [1.82, 2.24) is 4.90 Å². The summed E-state index contributed by atoms with van der Waals surface area (Å²) in [7, 11) is 0. The van der Waals surface area contributed by atoms with E-state index in [1.165, 1.54) is 5.56 Å². The van der Waals surface area contributed by atoms with Crippen LogP contribution in [0, 0.1) is 18.6 Å². The number of amides is 1. The molecule has 3 aromatic rings. The topological polar surface area (TPSA) is 20.3 Å². The first-order chi connectivity index (χ1) is 13.0. The molecule has 0 N–H and O–H groups in total. The molecule has 0 aromatic heterocycles. The van der Waals surface area contributed by atoms with Crippen LogP contribution in [0.1, 0.15) is 38.7 Å². The lowest BCUT2D eigenvalue weighted by atomic mass is 9.87. The fourth-order valence-corrected chi connectivity index (χ4v) is 3.71. The van der Waals surface area contributed by atoms with Gasteiger partial charge in [-0.15, -0.1) is 0 Å². The van der Waals surface area contributed by atoms with Gasteiger partial charge in [0.2, 0.25) is 0 Å². The summed E-state index contributed by atoms with van der Waals surface area (Å²) in [4.78, 5) is 14.8. The molecule has 27 heavy (non-hydrogen) atoms. The summed E-state index contributed by atoms with van der Waals surface area (Å²) in [6, 6.07) is 18.6. The van der Waals surface area contributed by atoms with Crippen molar-refractivity contribution in [2.24, 2.45) is 0 Å². The molecule has 0 saturated carbocycles. The van der Waals surface area contributed by atoms with Crippen LogP contribution in [0.3, 0.4) is 0 Å². The van der Waals surface area contributed by atoms with Crippen LogP contribution in [-0.2, 0) is 6.42 Å². The first-order valence-electron chi connectivity index (χ1n) is 8.95. The highest BCUT2D eigenvalue weighted by molar-refractivity contribution is 5.95. The predicted octanol–water partition coefficient (Wildman–Crippen LogP) is 5.06. The van der Waals surface area contributed by atoms with E-state index in [-0.39, 0.29) is 11.6 Å². The van der Waals surface area contributed by atoms with Gasteiger partial charge in [0.05, 0.1) is 11.6 Å². The monoisotopic (exact) mass is 363 g/mol. The van der Waals surface area contributed by atoms with Gasteiger partial charge < -0.3 is 4.90 Å². The van der Waals surface area contributed by atoms with E-state index in [1.807, 2.05) is 49.4 Å². The Bertz CT molecular complexity index is 998. The maximum absolute atomic E-state index is 14.2. The molecule has 1 amide bonds. The molecular formula is C23H19F2NO. The standard InChI is InChI=1S/C23H19F2NO/c1-15-6-8-17(9-7-15)22-19-5-3-2-4-16(19)12-13-26(22)23(27)20-14-18(24)10-11-21(20)25/h2-11,14,22H,12-13H2,1H3/t22-/m0/s1. The Morgan fingerprint density at radius 1 is 1.00 bits per heavy atom. The van der Waals surface area contributed by atoms with E-state index in [2.05, 4.69) is 6.07 Å². The summed E-state index contributed by atoms with van der Waals surface area (Å²) in [5, 5.41) is 0. The number of rotatable bonds is 2. The fourth-order valence-electron chi connectivity index (χ4n) is 3.71. The Kier molecular flexibility index (Phi) is 4.48. The average molecular weight is 363 g/mol. The van der Waals surface area contributed by atoms with Crippen LogP contribution in [0.2, 0.25) is 0 Å². The molecule has 0 aliphatic carbocycles. The van der Waals surface area contributed by atoms with Gasteiger partial charge in [0.1, 0.15) is 11.6 Å². The van der Waals surface area contributed by atoms with Crippen LogP contribution in [0.15, 0.2) is 66.7 Å². The van der Waals surface area contributed by atoms with Crippen molar-refractivity contribution in [2.75, 3.05) is 6.54 Å². The van der Waals surface area contributed by atoms with Crippen molar-refractivity contribution in [3.63, 3.8) is 0 Å². The van der Waals surface area contributed by atoms with Gasteiger partial charge in [-0.05, 0) is 48.2 Å². The minimum Gasteiger partial charge on any atom is -0.327 e. The third-order valence-electron chi connectivity index (χ3n) is 5.10. The summed E-state index contributed by atoms with van der Waals surface area (Å²) in [5.74, 6) is -1.82. The first-order valence-corrected chi connectivity index (χ1v) is 8.95. The highest BCUT2D eigenvalue weighted by Gasteiger charge is 2.33. The largest absolute Gasteiger partial charge is 0.327 e. The third kappa shape index (κ3) is 3.23. The molecule has 4 rings (SSSR count). The molecule has 0 fully saturated rings. The summed E-state index contributed by atoms with van der Waals surface area (Å²) < 4.78 is 27.9. The summed E-state index contributed by atoms with van der Waals surface area (Å²) in [6.45, 7) is 2.45. The van der Waals surface area contributed by atoms with Crippen molar-refractivity contribution < 1.29 is 13.6 Å². The van der Waals surface area contributed by atoms with E-state index in [1.54, 1.807) is 4.90 Å². The highest BCUT2D eigenvalue weighted by atomic mass is 19.1. The number of fused-ring (bicyclic) bond motifs is 1. The zero-order valence-corrected chi connectivity index (χ0v) is 15.0. The zero-order valence-electron chi connectivity index (χ0n) is 15.0. The van der Waals surface area contributed by atoms with Crippen molar-refractivity contribution in [2.45, 2.75) is 19.4 Å². The van der Waals surface area contributed by atoms with Crippen LogP contribution < -0.4 is 0 Å². The molecule has 1 aliphatic heterocycles. The predicted molar refractivity (Wildman–Crippen MR) is 101 cm³/mol. The molecule has 3 aromatic carbocycles. The van der Waals surface area contributed by atoms with Gasteiger partial charge in [-0.2, -0.15) is 0 Å². The van der Waals surface area contributed by atoms with Crippen molar-refractivity contribution in [3.05, 3.63) is 106 Å². The second kappa shape index (κ2) is 6.95. The van der Waals surface area contributed by atoms with Gasteiger partial charge in [0, 0.05) is 6.54 Å². The van der Waals surface area contributed by atoms with Crippen LogP contribution >= 0.6 is 0 Å². The second-order valence-electron chi connectivity index (χ2n) is 6.88. The molecule has 1 heterocycles.